The molecule has 1 atom stereocenters. The smallest absolute Gasteiger partial charge is 0.232 e. The molecule has 1 aliphatic heterocycles. The van der Waals surface area contributed by atoms with E-state index in [1.807, 2.05) is 37.3 Å². The van der Waals surface area contributed by atoms with E-state index >= 15 is 0 Å². The molecule has 1 amide bonds. The van der Waals surface area contributed by atoms with E-state index in [2.05, 4.69) is 15.1 Å². The van der Waals surface area contributed by atoms with Crippen LogP contribution in [0.25, 0.3) is 11.4 Å². The highest BCUT2D eigenvalue weighted by Crippen LogP contribution is 2.35. The lowest BCUT2D eigenvalue weighted by molar-refractivity contribution is -0.117. The molecule has 0 aliphatic carbocycles. The van der Waals surface area contributed by atoms with E-state index in [4.69, 9.17) is 9.26 Å². The van der Waals surface area contributed by atoms with E-state index in [1.54, 1.807) is 24.4 Å². The third kappa shape index (κ3) is 2.92. The molecule has 0 saturated carbocycles. The molecule has 132 valence electrons. The molecule has 7 heteroatoms. The van der Waals surface area contributed by atoms with Crippen LogP contribution in [0.4, 0.5) is 5.69 Å². The van der Waals surface area contributed by atoms with Gasteiger partial charge in [0.15, 0.2) is 0 Å². The van der Waals surface area contributed by atoms with Crippen molar-refractivity contribution in [1.29, 1.82) is 0 Å². The number of carbonyl (C=O) groups is 1. The SMILES string of the molecule is COc1ccc(C)c(N2CC(c3nc(-c4ccncc4)no3)CC2=O)c1. The van der Waals surface area contributed by atoms with Crippen LogP contribution in [0.5, 0.6) is 5.75 Å². The van der Waals surface area contributed by atoms with Crippen molar-refractivity contribution in [1.82, 2.24) is 15.1 Å². The second-order valence-electron chi connectivity index (χ2n) is 6.25. The fourth-order valence-corrected chi connectivity index (χ4v) is 3.13. The van der Waals surface area contributed by atoms with Gasteiger partial charge in [-0.25, -0.2) is 0 Å². The summed E-state index contributed by atoms with van der Waals surface area (Å²) in [5.74, 6) is 1.62. The first-order chi connectivity index (χ1) is 12.7. The maximum absolute atomic E-state index is 12.6. The number of aryl methyl sites for hydroxylation is 1. The second-order valence-corrected chi connectivity index (χ2v) is 6.25. The van der Waals surface area contributed by atoms with Gasteiger partial charge in [-0.15, -0.1) is 0 Å². The average molecular weight is 350 g/mol. The lowest BCUT2D eigenvalue weighted by Gasteiger charge is -2.19. The lowest BCUT2D eigenvalue weighted by atomic mass is 10.1. The van der Waals surface area contributed by atoms with Crippen molar-refractivity contribution in [3.8, 4) is 17.1 Å². The minimum atomic E-state index is -0.129. The summed E-state index contributed by atoms with van der Waals surface area (Å²) < 4.78 is 10.7. The van der Waals surface area contributed by atoms with E-state index in [0.717, 1.165) is 22.6 Å². The number of aromatic nitrogens is 3. The van der Waals surface area contributed by atoms with Gasteiger partial charge in [0.25, 0.3) is 0 Å². The van der Waals surface area contributed by atoms with Crippen molar-refractivity contribution in [3.05, 3.63) is 54.2 Å². The van der Waals surface area contributed by atoms with Crippen LogP contribution in [0.15, 0.2) is 47.2 Å². The third-order valence-corrected chi connectivity index (χ3v) is 4.56. The minimum absolute atomic E-state index is 0.0371. The highest BCUT2D eigenvalue weighted by Gasteiger charge is 2.35. The number of carbonyl (C=O) groups excluding carboxylic acids is 1. The number of pyridine rings is 1. The molecule has 3 aromatic rings. The molecule has 1 aliphatic rings. The zero-order valence-corrected chi connectivity index (χ0v) is 14.5. The van der Waals surface area contributed by atoms with E-state index < -0.39 is 0 Å². The van der Waals surface area contributed by atoms with Gasteiger partial charge in [-0.1, -0.05) is 11.2 Å². The Morgan fingerprint density at radius 2 is 2.04 bits per heavy atom. The minimum Gasteiger partial charge on any atom is -0.497 e. The van der Waals surface area contributed by atoms with E-state index in [9.17, 15) is 4.79 Å². The van der Waals surface area contributed by atoms with Crippen molar-refractivity contribution in [3.63, 3.8) is 0 Å². The summed E-state index contributed by atoms with van der Waals surface area (Å²) in [6, 6.07) is 9.35. The van der Waals surface area contributed by atoms with Gasteiger partial charge in [-0.3, -0.25) is 9.78 Å². The summed E-state index contributed by atoms with van der Waals surface area (Å²) in [5, 5.41) is 4.04. The highest BCUT2D eigenvalue weighted by molar-refractivity contribution is 5.97. The Labute approximate surface area is 150 Å². The topological polar surface area (TPSA) is 81.3 Å². The van der Waals surface area contributed by atoms with Gasteiger partial charge in [0.05, 0.1) is 18.7 Å². The van der Waals surface area contributed by atoms with Crippen molar-refractivity contribution >= 4 is 11.6 Å². The van der Waals surface area contributed by atoms with Crippen molar-refractivity contribution in [2.24, 2.45) is 0 Å². The second kappa shape index (κ2) is 6.59. The summed E-state index contributed by atoms with van der Waals surface area (Å²) >= 11 is 0. The first-order valence-electron chi connectivity index (χ1n) is 8.34. The third-order valence-electron chi connectivity index (χ3n) is 4.56. The number of rotatable bonds is 4. The molecule has 2 aromatic heterocycles. The van der Waals surface area contributed by atoms with Gasteiger partial charge < -0.3 is 14.2 Å². The van der Waals surface area contributed by atoms with Crippen LogP contribution >= 0.6 is 0 Å². The van der Waals surface area contributed by atoms with Gasteiger partial charge in [0.1, 0.15) is 5.75 Å². The van der Waals surface area contributed by atoms with Gasteiger partial charge in [0.2, 0.25) is 17.6 Å². The lowest BCUT2D eigenvalue weighted by Crippen LogP contribution is -2.25. The maximum atomic E-state index is 12.6. The number of hydrogen-bond acceptors (Lipinski definition) is 6. The van der Waals surface area contributed by atoms with E-state index in [-0.39, 0.29) is 11.8 Å². The summed E-state index contributed by atoms with van der Waals surface area (Å²) in [7, 11) is 1.61. The van der Waals surface area contributed by atoms with Gasteiger partial charge in [0, 0.05) is 37.0 Å². The van der Waals surface area contributed by atoms with Crippen LogP contribution in [0.1, 0.15) is 23.8 Å². The Morgan fingerprint density at radius 3 is 2.81 bits per heavy atom. The zero-order valence-electron chi connectivity index (χ0n) is 14.5. The van der Waals surface area contributed by atoms with E-state index in [1.165, 1.54) is 0 Å². The largest absolute Gasteiger partial charge is 0.497 e. The summed E-state index contributed by atoms with van der Waals surface area (Å²) in [6.07, 6.45) is 3.70. The van der Waals surface area contributed by atoms with Gasteiger partial charge in [-0.2, -0.15) is 4.98 Å². The van der Waals surface area contributed by atoms with Crippen molar-refractivity contribution < 1.29 is 14.1 Å². The summed E-state index contributed by atoms with van der Waals surface area (Å²) in [5.41, 5.74) is 2.70. The Morgan fingerprint density at radius 1 is 1.23 bits per heavy atom. The summed E-state index contributed by atoms with van der Waals surface area (Å²) in [4.78, 5) is 22.8. The summed E-state index contributed by atoms with van der Waals surface area (Å²) in [6.45, 7) is 2.48. The molecule has 1 fully saturated rings. The van der Waals surface area contributed by atoms with Crippen LogP contribution in [0.3, 0.4) is 0 Å². The van der Waals surface area contributed by atoms with Gasteiger partial charge >= 0.3 is 0 Å². The predicted octanol–water partition coefficient (Wildman–Crippen LogP) is 2.97. The molecule has 4 rings (SSSR count). The first-order valence-corrected chi connectivity index (χ1v) is 8.34. The Bertz CT molecular complexity index is 939. The number of amides is 1. The number of anilines is 1. The fourth-order valence-electron chi connectivity index (χ4n) is 3.13. The number of nitrogens with zero attached hydrogens (tertiary/aromatic N) is 4. The molecule has 0 spiro atoms. The maximum Gasteiger partial charge on any atom is 0.232 e. The Kier molecular flexibility index (Phi) is 4.12. The molecule has 1 unspecified atom stereocenters. The average Bonchev–Trinajstić information content (AvgIpc) is 3.30. The van der Waals surface area contributed by atoms with Crippen molar-refractivity contribution in [2.75, 3.05) is 18.6 Å². The predicted molar refractivity (Wildman–Crippen MR) is 95.0 cm³/mol. The fraction of sp³-hybridized carbons (Fsp3) is 0.263. The Hall–Kier alpha value is -3.22. The molecule has 1 saturated heterocycles. The number of benzene rings is 1. The molecular formula is C19H18N4O3. The molecule has 1 aromatic carbocycles. The number of hydrogen-bond donors (Lipinski definition) is 0. The molecule has 7 nitrogen and oxygen atoms in total. The Balaban J connectivity index is 1.58. The molecule has 26 heavy (non-hydrogen) atoms. The molecular weight excluding hydrogens is 332 g/mol. The van der Waals surface area contributed by atoms with Crippen molar-refractivity contribution in [2.45, 2.75) is 19.3 Å². The highest BCUT2D eigenvalue weighted by atomic mass is 16.5. The molecule has 0 N–H and O–H groups in total. The van der Waals surface area contributed by atoms with Crippen LogP contribution in [-0.2, 0) is 4.79 Å². The molecule has 0 bridgehead atoms. The van der Waals surface area contributed by atoms with Crippen LogP contribution < -0.4 is 9.64 Å². The zero-order chi connectivity index (χ0) is 18.1. The van der Waals surface area contributed by atoms with Crippen LogP contribution in [0, 0.1) is 6.92 Å². The monoisotopic (exact) mass is 350 g/mol. The van der Waals surface area contributed by atoms with Crippen LogP contribution in [0.2, 0.25) is 0 Å². The van der Waals surface area contributed by atoms with Gasteiger partial charge in [-0.05, 0) is 30.7 Å². The van der Waals surface area contributed by atoms with Crippen LogP contribution in [-0.4, -0.2) is 34.7 Å². The molecule has 3 heterocycles. The van der Waals surface area contributed by atoms with E-state index in [0.29, 0.717) is 24.7 Å². The molecule has 0 radical (unpaired) electrons. The first kappa shape index (κ1) is 16.3. The standard InChI is InChI=1S/C19H18N4O3/c1-12-3-4-15(25-2)10-16(12)23-11-14(9-17(23)24)19-21-18(22-26-19)13-5-7-20-8-6-13/h3-8,10,14H,9,11H2,1-2H3. The quantitative estimate of drug-likeness (QED) is 0.719. The number of methoxy groups -OCH3 is 1. The number of ether oxygens (including phenoxy) is 1. The normalized spacial score (nSPS) is 16.9.